The molecule has 0 bridgehead atoms. The lowest BCUT2D eigenvalue weighted by Crippen LogP contribution is -2.34. The van der Waals surface area contributed by atoms with Crippen molar-refractivity contribution in [1.82, 2.24) is 10.3 Å². The second kappa shape index (κ2) is 7.84. The zero-order valence-corrected chi connectivity index (χ0v) is 13.3. The molecule has 0 aliphatic carbocycles. The smallest absolute Gasteiger partial charge is 0.383 e. The molecule has 1 rings (SSSR count). The summed E-state index contributed by atoms with van der Waals surface area (Å²) in [5.41, 5.74) is 4.84. The van der Waals surface area contributed by atoms with E-state index in [1.165, 1.54) is 19.1 Å². The number of hydrogen-bond acceptors (Lipinski definition) is 5. The summed E-state index contributed by atoms with van der Waals surface area (Å²) >= 11 is 7.91. The van der Waals surface area contributed by atoms with E-state index in [0.717, 1.165) is 0 Å². The minimum atomic E-state index is -1.07. The quantitative estimate of drug-likeness (QED) is 0.688. The molecule has 0 saturated carbocycles. The third kappa shape index (κ3) is 6.00. The summed E-state index contributed by atoms with van der Waals surface area (Å²) in [5, 5.41) is 4.60. The van der Waals surface area contributed by atoms with E-state index in [4.69, 9.17) is 18.0 Å². The highest BCUT2D eigenvalue weighted by molar-refractivity contribution is 9.10. The number of hydrogen-bond donors (Lipinski definition) is 3. The summed E-state index contributed by atoms with van der Waals surface area (Å²) < 4.78 is 17.3. The zero-order valence-electron chi connectivity index (χ0n) is 10.9. The first-order valence-electron chi connectivity index (χ1n) is 5.64. The largest absolute Gasteiger partial charge is 0.411 e. The normalized spacial score (nSPS) is 11.4. The Hall–Kier alpha value is -1.81. The van der Waals surface area contributed by atoms with Crippen molar-refractivity contribution in [3.05, 3.63) is 22.3 Å². The Morgan fingerprint density at radius 2 is 2.24 bits per heavy atom. The first-order valence-corrected chi connectivity index (χ1v) is 6.84. The number of carbonyl (C=O) groups is 2. The zero-order chi connectivity index (χ0) is 16.0. The van der Waals surface area contributed by atoms with Gasteiger partial charge in [0, 0.05) is 4.47 Å². The van der Waals surface area contributed by atoms with Crippen LogP contribution in [0.15, 0.2) is 16.6 Å². The van der Waals surface area contributed by atoms with Crippen molar-refractivity contribution in [2.45, 2.75) is 13.0 Å². The maximum atomic E-state index is 12.4. The van der Waals surface area contributed by atoms with Crippen molar-refractivity contribution in [2.24, 2.45) is 5.73 Å². The summed E-state index contributed by atoms with van der Waals surface area (Å²) in [4.78, 5) is 26.4. The Bertz CT molecular complexity index is 572. The number of primary amides is 1. The molecule has 1 atom stereocenters. The summed E-state index contributed by atoms with van der Waals surface area (Å²) in [7, 11) is 0. The highest BCUT2D eigenvalue weighted by Gasteiger charge is 2.14. The van der Waals surface area contributed by atoms with Gasteiger partial charge in [0.2, 0.25) is 0 Å². The molecular weight excluding hydrogens is 367 g/mol. The number of nitrogens with two attached hydrogens (primary N) is 1. The monoisotopic (exact) mass is 378 g/mol. The molecule has 1 aromatic rings. The van der Waals surface area contributed by atoms with Crippen LogP contribution in [0.3, 0.4) is 0 Å². The van der Waals surface area contributed by atoms with Crippen LogP contribution in [0.1, 0.15) is 17.4 Å². The molecule has 21 heavy (non-hydrogen) atoms. The van der Waals surface area contributed by atoms with Crippen LogP contribution in [0.4, 0.5) is 15.0 Å². The lowest BCUT2D eigenvalue weighted by atomic mass is 10.3. The van der Waals surface area contributed by atoms with Gasteiger partial charge in [-0.3, -0.25) is 4.79 Å². The number of rotatable bonds is 4. The van der Waals surface area contributed by atoms with Gasteiger partial charge in [0.1, 0.15) is 18.2 Å². The van der Waals surface area contributed by atoms with E-state index in [9.17, 15) is 14.0 Å². The fraction of sp³-hybridized carbons (Fsp3) is 0.273. The number of nitrogens with one attached hydrogen (secondary N) is 2. The van der Waals surface area contributed by atoms with Gasteiger partial charge in [-0.15, -0.1) is 0 Å². The van der Waals surface area contributed by atoms with Crippen LogP contribution in [-0.2, 0) is 4.74 Å². The van der Waals surface area contributed by atoms with Gasteiger partial charge in [-0.05, 0) is 31.3 Å². The molecule has 114 valence electrons. The van der Waals surface area contributed by atoms with Gasteiger partial charge < -0.3 is 21.1 Å². The third-order valence-electron chi connectivity index (χ3n) is 2.06. The van der Waals surface area contributed by atoms with Crippen molar-refractivity contribution in [3.63, 3.8) is 0 Å². The number of alkyl halides is 1. The first kappa shape index (κ1) is 17.2. The van der Waals surface area contributed by atoms with E-state index in [1.54, 1.807) is 0 Å². The van der Waals surface area contributed by atoms with E-state index in [1.807, 2.05) is 0 Å². The molecule has 1 aromatic heterocycles. The highest BCUT2D eigenvalue weighted by Crippen LogP contribution is 2.16. The number of ether oxygens (including phenoxy) is 1. The molecule has 0 aliphatic rings. The van der Waals surface area contributed by atoms with E-state index >= 15 is 0 Å². The van der Waals surface area contributed by atoms with Gasteiger partial charge in [0.25, 0.3) is 11.1 Å². The maximum absolute atomic E-state index is 12.4. The Morgan fingerprint density at radius 3 is 2.81 bits per heavy atom. The number of carbonyl (C=O) groups excluding carboxylic acids is 2. The Kier molecular flexibility index (Phi) is 6.43. The predicted octanol–water partition coefficient (Wildman–Crippen LogP) is 1.72. The minimum Gasteiger partial charge on any atom is -0.383 e. The second-order valence-electron chi connectivity index (χ2n) is 3.92. The van der Waals surface area contributed by atoms with Crippen LogP contribution in [0.2, 0.25) is 0 Å². The van der Waals surface area contributed by atoms with Crippen LogP contribution in [0, 0.1) is 0 Å². The molecule has 1 unspecified atom stereocenters. The SMILES string of the molecule is CC(CF)NC(=O)c1cc(Br)cc(NC(=S)OC(N)=O)n1. The molecule has 0 radical (unpaired) electrons. The average molecular weight is 379 g/mol. The Balaban J connectivity index is 2.86. The van der Waals surface area contributed by atoms with Crippen molar-refractivity contribution in [1.29, 1.82) is 0 Å². The van der Waals surface area contributed by atoms with Crippen LogP contribution in [0.5, 0.6) is 0 Å². The van der Waals surface area contributed by atoms with Crippen LogP contribution >= 0.6 is 28.1 Å². The van der Waals surface area contributed by atoms with E-state index in [-0.39, 0.29) is 16.7 Å². The maximum Gasteiger partial charge on any atom is 0.411 e. The van der Waals surface area contributed by atoms with Gasteiger partial charge in [0.05, 0.1) is 6.04 Å². The van der Waals surface area contributed by atoms with Crippen molar-refractivity contribution in [3.8, 4) is 0 Å². The van der Waals surface area contributed by atoms with Crippen LogP contribution < -0.4 is 16.4 Å². The van der Waals surface area contributed by atoms with Gasteiger partial charge in [0.15, 0.2) is 0 Å². The average Bonchev–Trinajstić information content (AvgIpc) is 2.36. The summed E-state index contributed by atoms with van der Waals surface area (Å²) in [6.07, 6.45) is -1.07. The lowest BCUT2D eigenvalue weighted by molar-refractivity contribution is 0.0929. The molecule has 0 saturated heterocycles. The minimum absolute atomic E-state index is 0.0362. The standard InChI is InChI=1S/C11H12BrFN4O3S/c1-5(4-13)15-9(18)7-2-6(12)3-8(16-7)17-11(21)20-10(14)19/h2-3,5H,4H2,1H3,(H2,14,19)(H,15,18)(H,16,17,21). The molecule has 1 heterocycles. The molecule has 0 fully saturated rings. The molecule has 0 aromatic carbocycles. The van der Waals surface area contributed by atoms with Gasteiger partial charge in [-0.1, -0.05) is 15.9 Å². The second-order valence-corrected chi connectivity index (χ2v) is 5.20. The van der Waals surface area contributed by atoms with Gasteiger partial charge in [-0.25, -0.2) is 14.2 Å². The molecule has 2 amide bonds. The third-order valence-corrected chi connectivity index (χ3v) is 2.70. The molecular formula is C11H12BrFN4O3S. The molecule has 7 nitrogen and oxygen atoms in total. The number of halogens is 2. The van der Waals surface area contributed by atoms with Crippen molar-refractivity contribution >= 4 is 51.1 Å². The predicted molar refractivity (Wildman–Crippen MR) is 81.7 cm³/mol. The Morgan fingerprint density at radius 1 is 1.57 bits per heavy atom. The van der Waals surface area contributed by atoms with Crippen LogP contribution in [-0.4, -0.2) is 34.9 Å². The number of nitrogens with zero attached hydrogens (tertiary/aromatic N) is 1. The van der Waals surface area contributed by atoms with Crippen molar-refractivity contribution in [2.75, 3.05) is 12.0 Å². The summed E-state index contributed by atoms with van der Waals surface area (Å²) in [6.45, 7) is 0.826. The lowest BCUT2D eigenvalue weighted by Gasteiger charge is -2.11. The van der Waals surface area contributed by atoms with Gasteiger partial charge >= 0.3 is 6.09 Å². The molecule has 0 spiro atoms. The Labute approximate surface area is 133 Å². The molecule has 4 N–H and O–H groups in total. The number of amides is 2. The van der Waals surface area contributed by atoms with Crippen molar-refractivity contribution < 1.29 is 18.7 Å². The fourth-order valence-electron chi connectivity index (χ4n) is 1.24. The van der Waals surface area contributed by atoms with E-state index in [2.05, 4.69) is 36.3 Å². The van der Waals surface area contributed by atoms with Gasteiger partial charge in [-0.2, -0.15) is 0 Å². The molecule has 10 heteroatoms. The van der Waals surface area contributed by atoms with Crippen LogP contribution in [0.25, 0.3) is 0 Å². The molecule has 0 aliphatic heterocycles. The first-order chi connectivity index (χ1) is 9.81. The van der Waals surface area contributed by atoms with E-state index in [0.29, 0.717) is 4.47 Å². The fourth-order valence-corrected chi connectivity index (χ4v) is 1.86. The summed E-state index contributed by atoms with van der Waals surface area (Å²) in [5.74, 6) is -0.389. The highest BCUT2D eigenvalue weighted by atomic mass is 79.9. The number of anilines is 1. The number of pyridine rings is 1. The topological polar surface area (TPSA) is 106 Å². The van der Waals surface area contributed by atoms with E-state index < -0.39 is 24.7 Å². The number of thiocarbonyl (C=S) groups is 1. The number of aromatic nitrogens is 1. The summed E-state index contributed by atoms with van der Waals surface area (Å²) in [6, 6.07) is 2.32.